The van der Waals surface area contributed by atoms with Crippen molar-refractivity contribution < 1.29 is 23.6 Å². The number of methoxy groups -OCH3 is 1. The number of hydrogen-bond acceptors (Lipinski definition) is 3. The lowest BCUT2D eigenvalue weighted by molar-refractivity contribution is -0.136. The van der Waals surface area contributed by atoms with Crippen LogP contribution in [0.1, 0.15) is 71.6 Å². The Hall–Kier alpha value is 0.0700. The first-order chi connectivity index (χ1) is 12.2. The van der Waals surface area contributed by atoms with E-state index in [2.05, 4.69) is 13.8 Å². The molecule has 4 saturated carbocycles. The van der Waals surface area contributed by atoms with E-state index in [1.165, 1.54) is 38.5 Å². The number of hydrogen-bond donors (Lipinski definition) is 2. The van der Waals surface area contributed by atoms with Crippen LogP contribution in [0, 0.1) is 34.5 Å². The number of phosphoric ester groups is 1. The Bertz CT molecular complexity index is 591. The van der Waals surface area contributed by atoms with E-state index in [0.29, 0.717) is 22.9 Å². The molecule has 4 aliphatic rings. The van der Waals surface area contributed by atoms with E-state index in [9.17, 15) is 14.4 Å². The lowest BCUT2D eigenvalue weighted by atomic mass is 9.45. The summed E-state index contributed by atoms with van der Waals surface area (Å²) in [6.45, 7) is 4.93. The first kappa shape index (κ1) is 19.4. The van der Waals surface area contributed by atoms with Crippen LogP contribution in [0.5, 0.6) is 0 Å². The molecule has 2 N–H and O–H groups in total. The van der Waals surface area contributed by atoms with Crippen LogP contribution < -0.4 is 0 Å². The van der Waals surface area contributed by atoms with Crippen molar-refractivity contribution in [2.45, 2.75) is 83.8 Å². The highest BCUT2D eigenvalue weighted by Gasteiger charge is 2.60. The van der Waals surface area contributed by atoms with Gasteiger partial charge in [0.05, 0.1) is 12.2 Å². The lowest BCUT2D eigenvalue weighted by Gasteiger charge is -2.61. The Balaban J connectivity index is 1.51. The molecule has 8 atom stereocenters. The summed E-state index contributed by atoms with van der Waals surface area (Å²) in [5, 5.41) is 0. The second-order valence-electron chi connectivity index (χ2n) is 10.00. The van der Waals surface area contributed by atoms with Gasteiger partial charge in [-0.1, -0.05) is 13.8 Å². The molecule has 4 aliphatic carbocycles. The van der Waals surface area contributed by atoms with Gasteiger partial charge in [-0.15, -0.1) is 0 Å². The molecule has 0 spiro atoms. The van der Waals surface area contributed by atoms with E-state index in [4.69, 9.17) is 9.26 Å². The number of rotatable bonds is 3. The zero-order valence-corrected chi connectivity index (χ0v) is 17.3. The molecule has 0 saturated heterocycles. The van der Waals surface area contributed by atoms with Crippen molar-refractivity contribution >= 4 is 7.82 Å². The van der Waals surface area contributed by atoms with Crippen molar-refractivity contribution in [1.29, 1.82) is 0 Å². The van der Waals surface area contributed by atoms with E-state index >= 15 is 0 Å². The van der Waals surface area contributed by atoms with Crippen LogP contribution in [0.25, 0.3) is 0 Å². The van der Waals surface area contributed by atoms with E-state index < -0.39 is 7.82 Å². The van der Waals surface area contributed by atoms with Crippen molar-refractivity contribution in [3.8, 4) is 0 Å². The van der Waals surface area contributed by atoms with E-state index in [0.717, 1.165) is 37.0 Å². The fourth-order valence-electron chi connectivity index (χ4n) is 7.85. The SMILES string of the molecule is COC1CC[C@H]2[C@@H]3CCC4CC(OP(=O)(O)O)CC[C@]4(C)[C@@H]3CC[C@]12C. The Kier molecular flexibility index (Phi) is 4.89. The van der Waals surface area contributed by atoms with Gasteiger partial charge in [0.2, 0.25) is 0 Å². The maximum Gasteiger partial charge on any atom is 0.469 e. The Labute approximate surface area is 157 Å². The minimum absolute atomic E-state index is 0.274. The number of fused-ring (bicyclic) bond motifs is 5. The van der Waals surface area contributed by atoms with Crippen LogP contribution in [0.4, 0.5) is 0 Å². The zero-order chi connectivity index (χ0) is 18.7. The van der Waals surface area contributed by atoms with Crippen LogP contribution in [0.15, 0.2) is 0 Å². The van der Waals surface area contributed by atoms with Gasteiger partial charge in [-0.05, 0) is 92.3 Å². The summed E-state index contributed by atoms with van der Waals surface area (Å²) >= 11 is 0. The predicted octanol–water partition coefficient (Wildman–Crippen LogP) is 4.52. The Morgan fingerprint density at radius 3 is 2.31 bits per heavy atom. The molecule has 0 aromatic carbocycles. The van der Waals surface area contributed by atoms with Gasteiger partial charge >= 0.3 is 7.82 Å². The average Bonchev–Trinajstić information content (AvgIpc) is 2.90. The van der Waals surface area contributed by atoms with Crippen LogP contribution >= 0.6 is 7.82 Å². The third-order valence-electron chi connectivity index (χ3n) is 9.10. The third kappa shape index (κ3) is 3.03. The monoisotopic (exact) mass is 386 g/mol. The molecule has 4 rings (SSSR count). The highest BCUT2D eigenvalue weighted by atomic mass is 31.2. The zero-order valence-electron chi connectivity index (χ0n) is 16.4. The van der Waals surface area contributed by atoms with Gasteiger partial charge in [0.1, 0.15) is 0 Å². The minimum Gasteiger partial charge on any atom is -0.381 e. The highest BCUT2D eigenvalue weighted by molar-refractivity contribution is 7.46. The molecule has 0 amide bonds. The fourth-order valence-corrected chi connectivity index (χ4v) is 8.43. The first-order valence-electron chi connectivity index (χ1n) is 10.4. The van der Waals surface area contributed by atoms with Crippen LogP contribution in [-0.2, 0) is 13.8 Å². The summed E-state index contributed by atoms with van der Waals surface area (Å²) in [6, 6.07) is 0. The Morgan fingerprint density at radius 1 is 0.923 bits per heavy atom. The quantitative estimate of drug-likeness (QED) is 0.698. The van der Waals surface area contributed by atoms with E-state index in [1.54, 1.807) is 0 Å². The topological polar surface area (TPSA) is 76.0 Å². The Morgan fingerprint density at radius 2 is 1.62 bits per heavy atom. The van der Waals surface area contributed by atoms with Gasteiger partial charge in [-0.3, -0.25) is 4.52 Å². The molecule has 150 valence electrons. The van der Waals surface area contributed by atoms with Gasteiger partial charge in [-0.25, -0.2) is 4.57 Å². The summed E-state index contributed by atoms with van der Waals surface area (Å²) in [7, 11) is -2.50. The predicted molar refractivity (Wildman–Crippen MR) is 99.4 cm³/mol. The number of ether oxygens (including phenoxy) is 1. The largest absolute Gasteiger partial charge is 0.469 e. The molecular weight excluding hydrogens is 351 g/mol. The molecule has 4 fully saturated rings. The molecule has 26 heavy (non-hydrogen) atoms. The van der Waals surface area contributed by atoms with Gasteiger partial charge in [0.25, 0.3) is 0 Å². The summed E-state index contributed by atoms with van der Waals surface area (Å²) in [5.74, 6) is 2.88. The molecule has 0 aliphatic heterocycles. The fraction of sp³-hybridized carbons (Fsp3) is 1.00. The number of phosphoric acid groups is 1. The first-order valence-corrected chi connectivity index (χ1v) is 12.0. The van der Waals surface area contributed by atoms with Gasteiger partial charge in [0.15, 0.2) is 0 Å². The second kappa shape index (κ2) is 6.56. The molecule has 0 aromatic rings. The standard InChI is InChI=1S/C20H35O5P/c1-19-10-8-14(25-26(21,22)23)12-13(19)4-5-15-16-6-7-18(24-3)20(16,2)11-9-17(15)19/h13-18H,4-12H2,1-3H3,(H2,21,22,23)/t13?,14?,15-,16-,17+,18?,19-,20-/m0/s1. The molecule has 5 nitrogen and oxygen atoms in total. The molecule has 3 unspecified atom stereocenters. The average molecular weight is 386 g/mol. The van der Waals surface area contributed by atoms with Gasteiger partial charge in [0, 0.05) is 7.11 Å². The van der Waals surface area contributed by atoms with Gasteiger partial charge < -0.3 is 14.5 Å². The van der Waals surface area contributed by atoms with E-state index in [1.807, 2.05) is 7.11 Å². The van der Waals surface area contributed by atoms with Crippen LogP contribution in [-0.4, -0.2) is 29.1 Å². The lowest BCUT2D eigenvalue weighted by Crippen LogP contribution is -2.54. The molecule has 0 bridgehead atoms. The van der Waals surface area contributed by atoms with Crippen molar-refractivity contribution in [3.05, 3.63) is 0 Å². The van der Waals surface area contributed by atoms with Crippen LogP contribution in [0.2, 0.25) is 0 Å². The van der Waals surface area contributed by atoms with Crippen molar-refractivity contribution in [2.24, 2.45) is 34.5 Å². The maximum atomic E-state index is 11.2. The second-order valence-corrected chi connectivity index (χ2v) is 11.2. The summed E-state index contributed by atoms with van der Waals surface area (Å²) < 4.78 is 22.2. The maximum absolute atomic E-state index is 11.2. The smallest absolute Gasteiger partial charge is 0.381 e. The van der Waals surface area contributed by atoms with Crippen LogP contribution in [0.3, 0.4) is 0 Å². The normalized spacial score (nSPS) is 51.4. The summed E-state index contributed by atoms with van der Waals surface area (Å²) in [5.41, 5.74) is 0.657. The van der Waals surface area contributed by atoms with E-state index in [-0.39, 0.29) is 6.10 Å². The molecule has 0 heterocycles. The molecule has 0 radical (unpaired) electrons. The molecule has 6 heteroatoms. The summed E-state index contributed by atoms with van der Waals surface area (Å²) in [4.78, 5) is 18.3. The van der Waals surface area contributed by atoms with Crippen molar-refractivity contribution in [3.63, 3.8) is 0 Å². The van der Waals surface area contributed by atoms with Crippen molar-refractivity contribution in [2.75, 3.05) is 7.11 Å². The third-order valence-corrected chi connectivity index (χ3v) is 9.67. The highest BCUT2D eigenvalue weighted by Crippen LogP contribution is 2.66. The molecular formula is C20H35O5P. The minimum atomic E-state index is -4.38. The molecule has 0 aromatic heterocycles. The van der Waals surface area contributed by atoms with Crippen molar-refractivity contribution in [1.82, 2.24) is 0 Å². The summed E-state index contributed by atoms with van der Waals surface area (Å²) in [6.07, 6.45) is 10.3. The van der Waals surface area contributed by atoms with Gasteiger partial charge in [-0.2, -0.15) is 0 Å².